The number of ether oxygens (including phenoxy) is 13. The van der Waals surface area contributed by atoms with Gasteiger partial charge in [0.2, 0.25) is 0 Å². The molecule has 0 aliphatic carbocycles. The molecule has 0 aromatic rings. The highest BCUT2D eigenvalue weighted by atomic mass is 16.8. The van der Waals surface area contributed by atoms with E-state index in [1.165, 1.54) is 116 Å². The van der Waals surface area contributed by atoms with E-state index in [2.05, 4.69) is 45.1 Å². The molecule has 2 saturated heterocycles. The van der Waals surface area contributed by atoms with E-state index in [0.29, 0.717) is 19.3 Å². The Morgan fingerprint density at radius 1 is 0.313 bits per heavy atom. The maximum absolute atomic E-state index is 13.8. The van der Waals surface area contributed by atoms with Crippen molar-refractivity contribution in [3.05, 3.63) is 24.3 Å². The van der Waals surface area contributed by atoms with Crippen molar-refractivity contribution < 1.29 is 105 Å². The van der Waals surface area contributed by atoms with Gasteiger partial charge in [0.05, 0.1) is 13.2 Å². The number of allylic oxidation sites excluding steroid dienone is 4. The van der Waals surface area contributed by atoms with Crippen LogP contribution in [-0.4, -0.2) is 148 Å². The fourth-order valence-corrected chi connectivity index (χ4v) is 12.1. The summed E-state index contributed by atoms with van der Waals surface area (Å²) in [4.78, 5) is 118. The first-order chi connectivity index (χ1) is 47.8. The molecular weight excluding hydrogens is 1280 g/mol. The van der Waals surface area contributed by atoms with Crippen LogP contribution in [0.2, 0.25) is 0 Å². The normalized spacial score (nSPS) is 21.0. The van der Waals surface area contributed by atoms with Crippen LogP contribution in [0.4, 0.5) is 0 Å². The van der Waals surface area contributed by atoms with Gasteiger partial charge in [0.1, 0.15) is 25.4 Å². The number of rotatable bonds is 59. The third-order valence-electron chi connectivity index (χ3n) is 17.3. The van der Waals surface area contributed by atoms with E-state index in [4.69, 9.17) is 61.6 Å². The van der Waals surface area contributed by atoms with Gasteiger partial charge in [-0.1, -0.05) is 231 Å². The maximum atomic E-state index is 13.8. The molecule has 570 valence electrons. The lowest BCUT2D eigenvalue weighted by Gasteiger charge is -2.46. The molecule has 0 radical (unpaired) electrons. The minimum atomic E-state index is -1.74. The van der Waals surface area contributed by atoms with Crippen molar-refractivity contribution in [1.82, 2.24) is 0 Å². The van der Waals surface area contributed by atoms with Crippen LogP contribution in [0, 0.1) is 0 Å². The zero-order chi connectivity index (χ0) is 72.7. The molecular formula is C77H130O22. The minimum Gasteiger partial charge on any atom is -0.463 e. The van der Waals surface area contributed by atoms with Crippen LogP contribution < -0.4 is 0 Å². The van der Waals surface area contributed by atoms with Crippen molar-refractivity contribution in [1.29, 1.82) is 0 Å². The van der Waals surface area contributed by atoms with E-state index in [1.807, 2.05) is 0 Å². The smallest absolute Gasteiger partial charge is 0.306 e. The maximum Gasteiger partial charge on any atom is 0.306 e. The first kappa shape index (κ1) is 89.6. The summed E-state index contributed by atoms with van der Waals surface area (Å²) >= 11 is 0. The van der Waals surface area contributed by atoms with E-state index >= 15 is 0 Å². The molecule has 11 atom stereocenters. The van der Waals surface area contributed by atoms with Crippen LogP contribution in [0.5, 0.6) is 0 Å². The molecule has 2 rings (SSSR count). The van der Waals surface area contributed by atoms with E-state index in [1.54, 1.807) is 0 Å². The summed E-state index contributed by atoms with van der Waals surface area (Å²) in [5, 5.41) is 0. The summed E-state index contributed by atoms with van der Waals surface area (Å²) in [5.41, 5.74) is 0. The molecule has 99 heavy (non-hydrogen) atoms. The first-order valence-corrected chi connectivity index (χ1v) is 38.2. The highest BCUT2D eigenvalue weighted by Crippen LogP contribution is 2.34. The van der Waals surface area contributed by atoms with Crippen LogP contribution in [0.1, 0.15) is 319 Å². The van der Waals surface area contributed by atoms with Crippen LogP contribution in [0.3, 0.4) is 0 Å². The summed E-state index contributed by atoms with van der Waals surface area (Å²) in [6.07, 6.45) is 31.4. The SMILES string of the molecule is CCCCC/C=C\C/C=C\CCCCCCCC(=O)OC[C@H](CO[C@H]1O[C@H](CO[C@H]2O[C@H](COC(C)=O)[C@H](OC(C)=O)[C@H](OC(=O)CCCCCCCCCCCCCCC)[C@H]2OC(C)=O)[C@@H](OC(C)=O)[C@H](OC(C)=O)[C@H]1OC(C)=O)OC(=O)CCCCCCCCCCCCCCC. The molecule has 2 aliphatic rings. The molecule has 2 fully saturated rings. The predicted molar refractivity (Wildman–Crippen MR) is 374 cm³/mol. The van der Waals surface area contributed by atoms with Crippen LogP contribution in [0.15, 0.2) is 24.3 Å². The average Bonchev–Trinajstić information content (AvgIpc) is 0.786. The Hall–Kier alpha value is -5.45. The van der Waals surface area contributed by atoms with Gasteiger partial charge >= 0.3 is 53.7 Å². The van der Waals surface area contributed by atoms with Gasteiger partial charge < -0.3 is 61.6 Å². The molecule has 0 saturated carbocycles. The van der Waals surface area contributed by atoms with Crippen molar-refractivity contribution in [2.45, 2.75) is 387 Å². The number of unbranched alkanes of at least 4 members (excludes halogenated alkanes) is 32. The fraction of sp³-hybridized carbons (Fsp3) is 0.831. The molecule has 22 heteroatoms. The lowest BCUT2D eigenvalue weighted by Crippen LogP contribution is -2.65. The second kappa shape index (κ2) is 58.1. The molecule has 2 aliphatic heterocycles. The zero-order valence-corrected chi connectivity index (χ0v) is 62.3. The number of esters is 9. The van der Waals surface area contributed by atoms with Gasteiger partial charge in [-0.3, -0.25) is 43.2 Å². The molecule has 0 N–H and O–H groups in total. The Morgan fingerprint density at radius 2 is 0.646 bits per heavy atom. The molecule has 22 nitrogen and oxygen atoms in total. The molecule has 0 aromatic heterocycles. The van der Waals surface area contributed by atoms with E-state index in [-0.39, 0.29) is 19.3 Å². The zero-order valence-electron chi connectivity index (χ0n) is 62.3. The number of carbonyl (C=O) groups excluding carboxylic acids is 9. The van der Waals surface area contributed by atoms with Crippen LogP contribution in [0.25, 0.3) is 0 Å². The molecule has 0 bridgehead atoms. The minimum absolute atomic E-state index is 0.0457. The van der Waals surface area contributed by atoms with E-state index in [9.17, 15) is 43.2 Å². The second-order valence-electron chi connectivity index (χ2n) is 26.6. The summed E-state index contributed by atoms with van der Waals surface area (Å²) < 4.78 is 77.1. The van der Waals surface area contributed by atoms with Crippen molar-refractivity contribution in [2.24, 2.45) is 0 Å². The number of hydrogen-bond donors (Lipinski definition) is 0. The summed E-state index contributed by atoms with van der Waals surface area (Å²) in [5.74, 6) is -6.94. The largest absolute Gasteiger partial charge is 0.463 e. The Kier molecular flexibility index (Phi) is 52.6. The van der Waals surface area contributed by atoms with Crippen molar-refractivity contribution in [3.63, 3.8) is 0 Å². The van der Waals surface area contributed by atoms with Crippen LogP contribution in [-0.2, 0) is 105 Å². The van der Waals surface area contributed by atoms with Crippen molar-refractivity contribution >= 4 is 53.7 Å². The summed E-state index contributed by atoms with van der Waals surface area (Å²) in [7, 11) is 0. The van der Waals surface area contributed by atoms with Gasteiger partial charge in [0.25, 0.3) is 0 Å². The Morgan fingerprint density at radius 3 is 1.07 bits per heavy atom. The molecule has 0 amide bonds. The van der Waals surface area contributed by atoms with Crippen LogP contribution >= 0.6 is 0 Å². The third-order valence-corrected chi connectivity index (χ3v) is 17.3. The average molecular weight is 1410 g/mol. The predicted octanol–water partition coefficient (Wildman–Crippen LogP) is 15.8. The summed E-state index contributed by atoms with van der Waals surface area (Å²) in [6.45, 7) is 11.0. The first-order valence-electron chi connectivity index (χ1n) is 38.2. The fourth-order valence-electron chi connectivity index (χ4n) is 12.1. The lowest BCUT2D eigenvalue weighted by atomic mass is 9.97. The monoisotopic (exact) mass is 1410 g/mol. The van der Waals surface area contributed by atoms with Gasteiger partial charge in [-0.05, 0) is 51.4 Å². The standard InChI is InChI=1S/C77H130O22/c1-10-13-16-19-22-25-28-31-32-35-36-39-42-45-48-51-67(84)88-54-64(96-68(85)52-49-46-43-40-37-33-29-26-23-20-17-14-11-2)55-89-76-74(94-62(8)82)72(93-61(7)81)70(91-59(5)79)66(98-76)57-90-77-75(95-63(9)83)73(71(92-60(6)80)65(97-77)56-87-58(4)78)99-69(86)53-50-47-44-41-38-34-30-27-24-21-18-15-12-3/h22,25,31-32,64-66,70-77H,10-21,23-24,26-30,33-57H2,1-9H3/b25-22-,32-31-/t64-,65-,66-,70-,71+,72+,73+,74-,75-,76+,77+/m1/s1. The second-order valence-corrected chi connectivity index (χ2v) is 26.6. The third kappa shape index (κ3) is 45.2. The number of carbonyl (C=O) groups is 9. The topological polar surface area (TPSA) is 274 Å². The van der Waals surface area contributed by atoms with Crippen molar-refractivity contribution in [3.8, 4) is 0 Å². The van der Waals surface area contributed by atoms with Gasteiger partial charge in [0, 0.05) is 60.8 Å². The van der Waals surface area contributed by atoms with E-state index in [0.717, 1.165) is 144 Å². The molecule has 0 spiro atoms. The quantitative estimate of drug-likeness (QED) is 0.0237. The van der Waals surface area contributed by atoms with Crippen molar-refractivity contribution in [2.75, 3.05) is 26.4 Å². The summed E-state index contributed by atoms with van der Waals surface area (Å²) in [6, 6.07) is 0. The highest BCUT2D eigenvalue weighted by molar-refractivity contribution is 5.72. The van der Waals surface area contributed by atoms with Gasteiger partial charge in [-0.25, -0.2) is 0 Å². The lowest BCUT2D eigenvalue weighted by molar-refractivity contribution is -0.336. The molecule has 0 unspecified atom stereocenters. The number of hydrogen-bond acceptors (Lipinski definition) is 22. The molecule has 0 aromatic carbocycles. The highest BCUT2D eigenvalue weighted by Gasteiger charge is 2.56. The van der Waals surface area contributed by atoms with Gasteiger partial charge in [0.15, 0.2) is 55.3 Å². The Labute approximate surface area is 593 Å². The van der Waals surface area contributed by atoms with E-state index < -0.39 is 148 Å². The Bertz CT molecular complexity index is 2270. The Balaban J connectivity index is 2.40. The van der Waals surface area contributed by atoms with Gasteiger partial charge in [-0.15, -0.1) is 0 Å². The molecule has 2 heterocycles. The van der Waals surface area contributed by atoms with Gasteiger partial charge in [-0.2, -0.15) is 0 Å².